The molecule has 0 aromatic carbocycles. The normalized spacial score (nSPS) is 17.2. The molecule has 9 heteroatoms. The van der Waals surface area contributed by atoms with Crippen molar-refractivity contribution < 1.29 is 29.0 Å². The Balaban J connectivity index is 2.71. The fourth-order valence-electron chi connectivity index (χ4n) is 3.25. The summed E-state index contributed by atoms with van der Waals surface area (Å²) < 4.78 is 5.29. The van der Waals surface area contributed by atoms with Crippen LogP contribution in [0.5, 0.6) is 0 Å². The van der Waals surface area contributed by atoms with E-state index in [0.29, 0.717) is 32.4 Å². The molecule has 1 saturated heterocycles. The molecule has 1 heterocycles. The van der Waals surface area contributed by atoms with E-state index in [1.54, 1.807) is 25.7 Å². The van der Waals surface area contributed by atoms with Crippen molar-refractivity contribution in [1.82, 2.24) is 15.1 Å². The minimum atomic E-state index is -1.06. The van der Waals surface area contributed by atoms with Crippen molar-refractivity contribution in [2.45, 2.75) is 65.5 Å². The van der Waals surface area contributed by atoms with Crippen LogP contribution in [-0.2, 0) is 19.1 Å². The smallest absolute Gasteiger partial charge is 0.408 e. The number of nitrogens with zero attached hydrogens (tertiary/aromatic N) is 2. The summed E-state index contributed by atoms with van der Waals surface area (Å²) in [6, 6.07) is -0.697. The molecule has 3 amide bonds. The number of nitrogens with one attached hydrogen (secondary N) is 1. The molecule has 0 saturated carbocycles. The van der Waals surface area contributed by atoms with Crippen LogP contribution >= 0.6 is 0 Å². The van der Waals surface area contributed by atoms with Crippen molar-refractivity contribution in [2.24, 2.45) is 11.8 Å². The average molecular weight is 414 g/mol. The number of ether oxygens (including phenoxy) is 1. The van der Waals surface area contributed by atoms with Crippen LogP contribution in [0.4, 0.5) is 4.79 Å². The van der Waals surface area contributed by atoms with E-state index in [4.69, 9.17) is 9.84 Å². The summed E-state index contributed by atoms with van der Waals surface area (Å²) in [6.45, 7) is 9.56. The lowest BCUT2D eigenvalue weighted by atomic mass is 9.93. The Hall–Kier alpha value is -2.32. The van der Waals surface area contributed by atoms with Gasteiger partial charge in [0.15, 0.2) is 0 Å². The second kappa shape index (κ2) is 10.5. The fraction of sp³-hybridized carbons (Fsp3) is 0.800. The molecule has 1 aliphatic rings. The number of carbonyl (C=O) groups excluding carboxylic acids is 3. The molecular formula is C20H35N3O6. The van der Waals surface area contributed by atoms with Crippen molar-refractivity contribution in [3.63, 3.8) is 0 Å². The predicted octanol–water partition coefficient (Wildman–Crippen LogP) is 1.71. The van der Waals surface area contributed by atoms with E-state index in [0.717, 1.165) is 0 Å². The van der Waals surface area contributed by atoms with Gasteiger partial charge in [0.2, 0.25) is 11.8 Å². The molecule has 0 spiro atoms. The first-order valence-electron chi connectivity index (χ1n) is 10.1. The number of carboxylic acid groups (broad SMARTS) is 1. The second-order valence-corrected chi connectivity index (χ2v) is 8.70. The van der Waals surface area contributed by atoms with Crippen LogP contribution in [0, 0.1) is 11.8 Å². The molecule has 1 unspecified atom stereocenters. The lowest BCUT2D eigenvalue weighted by Crippen LogP contribution is -2.54. The monoisotopic (exact) mass is 413 g/mol. The van der Waals surface area contributed by atoms with Crippen LogP contribution in [0.15, 0.2) is 0 Å². The van der Waals surface area contributed by atoms with E-state index >= 15 is 0 Å². The summed E-state index contributed by atoms with van der Waals surface area (Å²) in [5.74, 6) is -1.83. The highest BCUT2D eigenvalue weighted by molar-refractivity contribution is 5.87. The summed E-state index contributed by atoms with van der Waals surface area (Å²) in [5.41, 5.74) is -0.659. The van der Waals surface area contributed by atoms with Crippen LogP contribution < -0.4 is 5.32 Å². The van der Waals surface area contributed by atoms with Gasteiger partial charge in [-0.1, -0.05) is 20.3 Å². The zero-order chi connectivity index (χ0) is 22.4. The van der Waals surface area contributed by atoms with Crippen LogP contribution in [-0.4, -0.2) is 77.1 Å². The Morgan fingerprint density at radius 3 is 2.21 bits per heavy atom. The van der Waals surface area contributed by atoms with Gasteiger partial charge in [0.1, 0.15) is 18.2 Å². The summed E-state index contributed by atoms with van der Waals surface area (Å²) in [5, 5.41) is 11.5. The van der Waals surface area contributed by atoms with Gasteiger partial charge < -0.3 is 25.0 Å². The first-order valence-corrected chi connectivity index (χ1v) is 10.1. The molecule has 2 atom stereocenters. The summed E-state index contributed by atoms with van der Waals surface area (Å²) in [6.07, 6.45) is 1.01. The molecule has 1 aliphatic heterocycles. The lowest BCUT2D eigenvalue weighted by molar-refractivity contribution is -0.146. The van der Waals surface area contributed by atoms with E-state index in [9.17, 15) is 19.2 Å². The van der Waals surface area contributed by atoms with Crippen molar-refractivity contribution in [1.29, 1.82) is 0 Å². The molecule has 0 aromatic rings. The maximum atomic E-state index is 13.0. The number of likely N-dealkylation sites (tertiary alicyclic amines) is 1. The van der Waals surface area contributed by atoms with Gasteiger partial charge in [0.05, 0.1) is 0 Å². The standard InChI is InChI=1S/C20H35N3O6/c1-7-13(2)16(21-19(28)29-20(3,4)5)18(27)23-10-8-14(9-11-23)17(26)22(6)12-15(24)25/h13-14,16H,7-12H2,1-6H3,(H,21,28)(H,24,25)/t13?,16-/m0/s1. The highest BCUT2D eigenvalue weighted by Gasteiger charge is 2.35. The maximum Gasteiger partial charge on any atom is 0.408 e. The molecule has 0 radical (unpaired) electrons. The van der Waals surface area contributed by atoms with Gasteiger partial charge in [0, 0.05) is 26.1 Å². The number of aliphatic carboxylic acids is 1. The average Bonchev–Trinajstić information content (AvgIpc) is 2.62. The molecule has 1 fully saturated rings. The van der Waals surface area contributed by atoms with Gasteiger partial charge in [-0.2, -0.15) is 0 Å². The molecule has 9 nitrogen and oxygen atoms in total. The zero-order valence-corrected chi connectivity index (χ0v) is 18.4. The molecule has 29 heavy (non-hydrogen) atoms. The number of alkyl carbamates (subject to hydrolysis) is 1. The van der Waals surface area contributed by atoms with E-state index in [1.165, 1.54) is 11.9 Å². The van der Waals surface area contributed by atoms with Gasteiger partial charge in [-0.3, -0.25) is 14.4 Å². The van der Waals surface area contributed by atoms with E-state index in [1.807, 2.05) is 13.8 Å². The van der Waals surface area contributed by atoms with Gasteiger partial charge in [-0.05, 0) is 39.5 Å². The topological polar surface area (TPSA) is 116 Å². The first-order chi connectivity index (χ1) is 13.4. The van der Waals surface area contributed by atoms with Gasteiger partial charge in [-0.25, -0.2) is 4.79 Å². The summed E-state index contributed by atoms with van der Waals surface area (Å²) in [7, 11) is 1.47. The SMILES string of the molecule is CCC(C)[C@H](NC(=O)OC(C)(C)C)C(=O)N1CCC(C(=O)N(C)CC(=O)O)CC1. The Bertz CT molecular complexity index is 608. The third kappa shape index (κ3) is 7.91. The number of piperidine rings is 1. The quantitative estimate of drug-likeness (QED) is 0.656. The fourth-order valence-corrected chi connectivity index (χ4v) is 3.25. The molecule has 1 rings (SSSR count). The van der Waals surface area contributed by atoms with E-state index in [-0.39, 0.29) is 30.2 Å². The second-order valence-electron chi connectivity index (χ2n) is 8.70. The number of carboxylic acids is 1. The Kier molecular flexibility index (Phi) is 8.91. The highest BCUT2D eigenvalue weighted by Crippen LogP contribution is 2.22. The van der Waals surface area contributed by atoms with E-state index < -0.39 is 23.7 Å². The number of hydrogen-bond donors (Lipinski definition) is 2. The molecule has 2 N–H and O–H groups in total. The molecule has 0 aromatic heterocycles. The van der Waals surface area contributed by atoms with E-state index in [2.05, 4.69) is 5.32 Å². The van der Waals surface area contributed by atoms with Gasteiger partial charge >= 0.3 is 12.1 Å². The first kappa shape index (κ1) is 24.7. The van der Waals surface area contributed by atoms with Crippen LogP contribution in [0.25, 0.3) is 0 Å². The summed E-state index contributed by atoms with van der Waals surface area (Å²) >= 11 is 0. The number of amides is 3. The zero-order valence-electron chi connectivity index (χ0n) is 18.4. The number of likely N-dealkylation sites (N-methyl/N-ethyl adjacent to an activating group) is 1. The van der Waals surface area contributed by atoms with Crippen molar-refractivity contribution >= 4 is 23.9 Å². The Morgan fingerprint density at radius 1 is 1.21 bits per heavy atom. The molecule has 166 valence electrons. The minimum absolute atomic E-state index is 0.0731. The third-order valence-electron chi connectivity index (χ3n) is 5.06. The predicted molar refractivity (Wildman–Crippen MR) is 107 cm³/mol. The molecule has 0 bridgehead atoms. The third-order valence-corrected chi connectivity index (χ3v) is 5.06. The molecular weight excluding hydrogens is 378 g/mol. The largest absolute Gasteiger partial charge is 0.480 e. The minimum Gasteiger partial charge on any atom is -0.480 e. The number of carbonyl (C=O) groups is 4. The summed E-state index contributed by atoms with van der Waals surface area (Å²) in [4.78, 5) is 51.2. The van der Waals surface area contributed by atoms with Crippen molar-refractivity contribution in [3.05, 3.63) is 0 Å². The van der Waals surface area contributed by atoms with Crippen molar-refractivity contribution in [2.75, 3.05) is 26.7 Å². The van der Waals surface area contributed by atoms with Crippen LogP contribution in [0.2, 0.25) is 0 Å². The highest BCUT2D eigenvalue weighted by atomic mass is 16.6. The lowest BCUT2D eigenvalue weighted by Gasteiger charge is -2.36. The Morgan fingerprint density at radius 2 is 1.76 bits per heavy atom. The van der Waals surface area contributed by atoms with Gasteiger partial charge in [0.25, 0.3) is 0 Å². The Labute approximate surface area is 172 Å². The van der Waals surface area contributed by atoms with Crippen LogP contribution in [0.3, 0.4) is 0 Å². The maximum absolute atomic E-state index is 13.0. The molecule has 0 aliphatic carbocycles. The number of hydrogen-bond acceptors (Lipinski definition) is 5. The van der Waals surface area contributed by atoms with Crippen molar-refractivity contribution in [3.8, 4) is 0 Å². The van der Waals surface area contributed by atoms with Gasteiger partial charge in [-0.15, -0.1) is 0 Å². The number of rotatable bonds is 7. The van der Waals surface area contributed by atoms with Crippen LogP contribution in [0.1, 0.15) is 53.9 Å².